The van der Waals surface area contributed by atoms with Crippen molar-refractivity contribution in [2.45, 2.75) is 45.1 Å². The van der Waals surface area contributed by atoms with Gasteiger partial charge in [0.25, 0.3) is 0 Å². The SMILES string of the molecule is C[C@H](NCC1(CO)CCCCC1)c1ccccc1Br. The van der Waals surface area contributed by atoms with Gasteiger partial charge in [0.05, 0.1) is 0 Å². The Kier molecular flexibility index (Phi) is 5.43. The van der Waals surface area contributed by atoms with E-state index in [0.717, 1.165) is 23.9 Å². The van der Waals surface area contributed by atoms with Crippen LogP contribution in [0.4, 0.5) is 0 Å². The van der Waals surface area contributed by atoms with Crippen LogP contribution in [0.1, 0.15) is 50.6 Å². The van der Waals surface area contributed by atoms with Crippen LogP contribution >= 0.6 is 15.9 Å². The smallest absolute Gasteiger partial charge is 0.0499 e. The van der Waals surface area contributed by atoms with Crippen molar-refractivity contribution in [3.05, 3.63) is 34.3 Å². The van der Waals surface area contributed by atoms with E-state index < -0.39 is 0 Å². The molecule has 0 spiro atoms. The highest BCUT2D eigenvalue weighted by Crippen LogP contribution is 2.36. The predicted molar refractivity (Wildman–Crippen MR) is 83.2 cm³/mol. The van der Waals surface area contributed by atoms with E-state index in [9.17, 15) is 5.11 Å². The third kappa shape index (κ3) is 3.80. The van der Waals surface area contributed by atoms with E-state index in [1.54, 1.807) is 0 Å². The molecule has 1 aliphatic carbocycles. The second kappa shape index (κ2) is 6.87. The van der Waals surface area contributed by atoms with Gasteiger partial charge >= 0.3 is 0 Å². The Morgan fingerprint density at radius 1 is 1.26 bits per heavy atom. The fourth-order valence-corrected chi connectivity index (χ4v) is 3.63. The van der Waals surface area contributed by atoms with Crippen LogP contribution in [0.3, 0.4) is 0 Å². The Balaban J connectivity index is 1.95. The molecule has 1 aliphatic rings. The van der Waals surface area contributed by atoms with E-state index in [-0.39, 0.29) is 5.41 Å². The predicted octanol–water partition coefficient (Wildman–Crippen LogP) is 4.04. The van der Waals surface area contributed by atoms with Crippen molar-refractivity contribution in [3.8, 4) is 0 Å². The number of aliphatic hydroxyl groups is 1. The van der Waals surface area contributed by atoms with Crippen molar-refractivity contribution in [2.75, 3.05) is 13.2 Å². The number of rotatable bonds is 5. The molecule has 1 aromatic carbocycles. The first-order valence-corrected chi connectivity index (χ1v) is 8.05. The lowest BCUT2D eigenvalue weighted by Gasteiger charge is -2.37. The number of hydrogen-bond donors (Lipinski definition) is 2. The molecule has 2 rings (SSSR count). The molecule has 0 aromatic heterocycles. The molecule has 0 saturated heterocycles. The van der Waals surface area contributed by atoms with Gasteiger partial charge in [-0.2, -0.15) is 0 Å². The Labute approximate surface area is 124 Å². The van der Waals surface area contributed by atoms with Crippen LogP contribution in [-0.4, -0.2) is 18.3 Å². The summed E-state index contributed by atoms with van der Waals surface area (Å²) in [5, 5.41) is 13.3. The molecule has 1 atom stereocenters. The van der Waals surface area contributed by atoms with Gasteiger partial charge in [-0.3, -0.25) is 0 Å². The zero-order valence-corrected chi connectivity index (χ0v) is 13.2. The number of nitrogens with one attached hydrogen (secondary N) is 1. The number of hydrogen-bond acceptors (Lipinski definition) is 2. The highest BCUT2D eigenvalue weighted by Gasteiger charge is 2.31. The van der Waals surface area contributed by atoms with Crippen LogP contribution in [0, 0.1) is 5.41 Å². The molecule has 0 unspecified atom stereocenters. The van der Waals surface area contributed by atoms with Crippen LogP contribution in [0.5, 0.6) is 0 Å². The van der Waals surface area contributed by atoms with Gasteiger partial charge in [0.15, 0.2) is 0 Å². The van der Waals surface area contributed by atoms with Gasteiger partial charge in [0.1, 0.15) is 0 Å². The van der Waals surface area contributed by atoms with Crippen molar-refractivity contribution >= 4 is 15.9 Å². The van der Waals surface area contributed by atoms with Crippen LogP contribution in [0.2, 0.25) is 0 Å². The summed E-state index contributed by atoms with van der Waals surface area (Å²) in [5.74, 6) is 0. The van der Waals surface area contributed by atoms with Crippen molar-refractivity contribution in [3.63, 3.8) is 0 Å². The second-order valence-electron chi connectivity index (χ2n) is 5.84. The molecule has 0 bridgehead atoms. The normalized spacial score (nSPS) is 20.2. The maximum Gasteiger partial charge on any atom is 0.0499 e. The average Bonchev–Trinajstić information content (AvgIpc) is 2.46. The van der Waals surface area contributed by atoms with Crippen LogP contribution in [-0.2, 0) is 0 Å². The van der Waals surface area contributed by atoms with E-state index in [1.807, 2.05) is 6.07 Å². The molecule has 1 saturated carbocycles. The third-order valence-electron chi connectivity index (χ3n) is 4.40. The molecule has 1 aromatic rings. The molecule has 0 heterocycles. The first-order valence-electron chi connectivity index (χ1n) is 7.26. The Morgan fingerprint density at radius 3 is 2.58 bits per heavy atom. The summed E-state index contributed by atoms with van der Waals surface area (Å²) >= 11 is 3.60. The highest BCUT2D eigenvalue weighted by molar-refractivity contribution is 9.10. The molecule has 0 aliphatic heterocycles. The molecule has 0 radical (unpaired) electrons. The van der Waals surface area contributed by atoms with E-state index >= 15 is 0 Å². The van der Waals surface area contributed by atoms with Gasteiger partial charge in [-0.05, 0) is 31.4 Å². The zero-order valence-electron chi connectivity index (χ0n) is 11.7. The minimum absolute atomic E-state index is 0.105. The molecular weight excluding hydrogens is 302 g/mol. The van der Waals surface area contributed by atoms with Gasteiger partial charge in [-0.15, -0.1) is 0 Å². The number of halogens is 1. The largest absolute Gasteiger partial charge is 0.396 e. The van der Waals surface area contributed by atoms with Crippen molar-refractivity contribution in [2.24, 2.45) is 5.41 Å². The summed E-state index contributed by atoms with van der Waals surface area (Å²) in [6.07, 6.45) is 6.14. The van der Waals surface area contributed by atoms with Gasteiger partial charge in [0.2, 0.25) is 0 Å². The topological polar surface area (TPSA) is 32.3 Å². The quantitative estimate of drug-likeness (QED) is 0.856. The lowest BCUT2D eigenvalue weighted by atomic mass is 9.74. The number of benzene rings is 1. The zero-order chi connectivity index (χ0) is 13.7. The minimum Gasteiger partial charge on any atom is -0.396 e. The first kappa shape index (κ1) is 15.0. The summed E-state index contributed by atoms with van der Waals surface area (Å²) in [5.41, 5.74) is 1.39. The molecule has 2 N–H and O–H groups in total. The maximum atomic E-state index is 9.73. The van der Waals surface area contributed by atoms with E-state index in [1.165, 1.54) is 24.8 Å². The maximum absolute atomic E-state index is 9.73. The first-order chi connectivity index (χ1) is 9.17. The highest BCUT2D eigenvalue weighted by atomic mass is 79.9. The summed E-state index contributed by atoms with van der Waals surface area (Å²) in [6.45, 7) is 3.41. The Morgan fingerprint density at radius 2 is 1.95 bits per heavy atom. The van der Waals surface area contributed by atoms with E-state index in [0.29, 0.717) is 12.6 Å². The molecule has 1 fully saturated rings. The van der Waals surface area contributed by atoms with Crippen molar-refractivity contribution in [1.82, 2.24) is 5.32 Å². The van der Waals surface area contributed by atoms with Crippen LogP contribution in [0.15, 0.2) is 28.7 Å². The van der Waals surface area contributed by atoms with Crippen molar-refractivity contribution in [1.29, 1.82) is 0 Å². The second-order valence-corrected chi connectivity index (χ2v) is 6.70. The molecule has 3 heteroatoms. The lowest BCUT2D eigenvalue weighted by molar-refractivity contribution is 0.0788. The lowest BCUT2D eigenvalue weighted by Crippen LogP contribution is -2.40. The Bertz CT molecular complexity index is 401. The fraction of sp³-hybridized carbons (Fsp3) is 0.625. The summed E-state index contributed by atoms with van der Waals surface area (Å²) in [6, 6.07) is 8.64. The van der Waals surface area contributed by atoms with Crippen LogP contribution in [0.25, 0.3) is 0 Å². The molecule has 106 valence electrons. The molecule has 0 amide bonds. The summed E-state index contributed by atoms with van der Waals surface area (Å²) in [7, 11) is 0. The van der Waals surface area contributed by atoms with Gasteiger partial charge in [-0.1, -0.05) is 53.4 Å². The number of aliphatic hydroxyl groups excluding tert-OH is 1. The third-order valence-corrected chi connectivity index (χ3v) is 5.13. The molecule has 2 nitrogen and oxygen atoms in total. The summed E-state index contributed by atoms with van der Waals surface area (Å²) < 4.78 is 1.15. The fourth-order valence-electron chi connectivity index (χ4n) is 3.00. The standard InChI is InChI=1S/C16H24BrNO/c1-13(14-7-3-4-8-15(14)17)18-11-16(12-19)9-5-2-6-10-16/h3-4,7-8,13,18-19H,2,5-6,9-12H2,1H3/t13-/m0/s1. The molecular formula is C16H24BrNO. The van der Waals surface area contributed by atoms with Crippen LogP contribution < -0.4 is 5.32 Å². The van der Waals surface area contributed by atoms with Gasteiger partial charge in [0, 0.05) is 29.1 Å². The van der Waals surface area contributed by atoms with E-state index in [2.05, 4.69) is 46.4 Å². The minimum atomic E-state index is 0.105. The average molecular weight is 326 g/mol. The molecule has 19 heavy (non-hydrogen) atoms. The van der Waals surface area contributed by atoms with Gasteiger partial charge < -0.3 is 10.4 Å². The Hall–Kier alpha value is -0.380. The van der Waals surface area contributed by atoms with Crippen molar-refractivity contribution < 1.29 is 5.11 Å². The van der Waals surface area contributed by atoms with Gasteiger partial charge in [-0.25, -0.2) is 0 Å². The van der Waals surface area contributed by atoms with E-state index in [4.69, 9.17) is 0 Å². The monoisotopic (exact) mass is 325 g/mol. The summed E-state index contributed by atoms with van der Waals surface area (Å²) in [4.78, 5) is 0.